The largest absolute Gasteiger partial charge is 0.299 e. The third-order valence-electron chi connectivity index (χ3n) is 2.20. The van der Waals surface area contributed by atoms with Gasteiger partial charge in [-0.3, -0.25) is 4.79 Å². The van der Waals surface area contributed by atoms with E-state index in [0.717, 1.165) is 5.56 Å². The first-order valence-electron chi connectivity index (χ1n) is 4.43. The van der Waals surface area contributed by atoms with Gasteiger partial charge >= 0.3 is 0 Å². The van der Waals surface area contributed by atoms with Gasteiger partial charge in [-0.05, 0) is 40.3 Å². The Kier molecular flexibility index (Phi) is 3.90. The Morgan fingerprint density at radius 2 is 1.92 bits per heavy atom. The fraction of sp³-hybridized carbons (Fsp3) is 0.364. The minimum absolute atomic E-state index is 0.0435. The molecule has 0 aliphatic carbocycles. The van der Waals surface area contributed by atoms with Crippen LogP contribution in [0.2, 0.25) is 0 Å². The first kappa shape index (κ1) is 10.7. The molecule has 0 spiro atoms. The Morgan fingerprint density at radius 3 is 2.38 bits per heavy atom. The molecule has 1 atom stereocenters. The van der Waals surface area contributed by atoms with Crippen LogP contribution in [-0.4, -0.2) is 5.78 Å². The predicted octanol–water partition coefficient (Wildman–Crippen LogP) is 3.37. The van der Waals surface area contributed by atoms with Gasteiger partial charge in [0.15, 0.2) is 0 Å². The Balaban J connectivity index is 2.83. The Labute approximate surface area is 92.7 Å². The fourth-order valence-corrected chi connectivity index (χ4v) is 1.60. The molecule has 0 amide bonds. The minimum atomic E-state index is 0.0435. The summed E-state index contributed by atoms with van der Waals surface area (Å²) in [6.07, 6.45) is 0.618. The highest BCUT2D eigenvalue weighted by Gasteiger charge is 2.12. The highest BCUT2D eigenvalue weighted by atomic mass is 127. The van der Waals surface area contributed by atoms with Gasteiger partial charge in [0, 0.05) is 15.9 Å². The Hall–Kier alpha value is -0.380. The fourth-order valence-electron chi connectivity index (χ4n) is 1.24. The number of hydrogen-bond donors (Lipinski definition) is 0. The lowest BCUT2D eigenvalue weighted by atomic mass is 9.96. The first-order chi connectivity index (χ1) is 6.15. The van der Waals surface area contributed by atoms with Gasteiger partial charge < -0.3 is 0 Å². The lowest BCUT2D eigenvalue weighted by Gasteiger charge is -2.08. The summed E-state index contributed by atoms with van der Waals surface area (Å²) in [6, 6.07) is 8.13. The van der Waals surface area contributed by atoms with E-state index in [4.69, 9.17) is 0 Å². The van der Waals surface area contributed by atoms with Crippen LogP contribution in [0.5, 0.6) is 0 Å². The molecule has 0 radical (unpaired) electrons. The highest BCUT2D eigenvalue weighted by molar-refractivity contribution is 14.1. The summed E-state index contributed by atoms with van der Waals surface area (Å²) < 4.78 is 1.21. The van der Waals surface area contributed by atoms with E-state index in [0.29, 0.717) is 12.2 Å². The van der Waals surface area contributed by atoms with E-state index < -0.39 is 0 Å². The number of ketones is 1. The van der Waals surface area contributed by atoms with Crippen LogP contribution in [-0.2, 0) is 4.79 Å². The number of hydrogen-bond acceptors (Lipinski definition) is 1. The molecule has 1 nitrogen and oxygen atoms in total. The minimum Gasteiger partial charge on any atom is -0.299 e. The average molecular weight is 288 g/mol. The van der Waals surface area contributed by atoms with E-state index in [9.17, 15) is 4.79 Å². The molecule has 0 fully saturated rings. The van der Waals surface area contributed by atoms with Gasteiger partial charge in [0.25, 0.3) is 0 Å². The van der Waals surface area contributed by atoms with Gasteiger partial charge in [0.2, 0.25) is 0 Å². The van der Waals surface area contributed by atoms with Gasteiger partial charge in [-0.25, -0.2) is 0 Å². The first-order valence-corrected chi connectivity index (χ1v) is 5.51. The van der Waals surface area contributed by atoms with Gasteiger partial charge in [0.05, 0.1) is 0 Å². The third-order valence-corrected chi connectivity index (χ3v) is 2.92. The number of benzene rings is 1. The SMILES string of the molecule is CCC(=O)C(C)c1ccc(I)cc1. The van der Waals surface area contributed by atoms with Crippen LogP contribution in [0.15, 0.2) is 24.3 Å². The smallest absolute Gasteiger partial charge is 0.139 e. The second-order valence-corrected chi connectivity index (χ2v) is 4.34. The zero-order valence-electron chi connectivity index (χ0n) is 7.88. The molecule has 1 aromatic carbocycles. The maximum absolute atomic E-state index is 11.4. The highest BCUT2D eigenvalue weighted by Crippen LogP contribution is 2.18. The molecule has 2 heteroatoms. The quantitative estimate of drug-likeness (QED) is 0.779. The summed E-state index contributed by atoms with van der Waals surface area (Å²) in [5.41, 5.74) is 1.12. The topological polar surface area (TPSA) is 17.1 Å². The average Bonchev–Trinajstić information content (AvgIpc) is 2.17. The zero-order valence-corrected chi connectivity index (χ0v) is 10.0. The van der Waals surface area contributed by atoms with Crippen molar-refractivity contribution in [3.05, 3.63) is 33.4 Å². The second-order valence-electron chi connectivity index (χ2n) is 3.09. The van der Waals surface area contributed by atoms with E-state index in [2.05, 4.69) is 22.6 Å². The van der Waals surface area contributed by atoms with E-state index in [-0.39, 0.29) is 5.92 Å². The molecule has 0 aliphatic heterocycles. The molecule has 0 aliphatic rings. The number of Topliss-reactive ketones (excluding diaryl/α,β-unsaturated/α-hetero) is 1. The van der Waals surface area contributed by atoms with Crippen LogP contribution in [0.3, 0.4) is 0 Å². The monoisotopic (exact) mass is 288 g/mol. The van der Waals surface area contributed by atoms with Crippen LogP contribution < -0.4 is 0 Å². The van der Waals surface area contributed by atoms with Crippen molar-refractivity contribution in [2.45, 2.75) is 26.2 Å². The zero-order chi connectivity index (χ0) is 9.84. The van der Waals surface area contributed by atoms with Crippen LogP contribution in [0, 0.1) is 3.57 Å². The summed E-state index contributed by atoms with van der Waals surface area (Å²) in [5, 5.41) is 0. The van der Waals surface area contributed by atoms with E-state index in [1.54, 1.807) is 0 Å². The number of rotatable bonds is 3. The van der Waals surface area contributed by atoms with Gasteiger partial charge in [-0.15, -0.1) is 0 Å². The summed E-state index contributed by atoms with van der Waals surface area (Å²) in [4.78, 5) is 11.4. The molecule has 1 unspecified atom stereocenters. The van der Waals surface area contributed by atoms with Crippen molar-refractivity contribution in [1.82, 2.24) is 0 Å². The number of carbonyl (C=O) groups is 1. The molecule has 1 rings (SSSR count). The van der Waals surface area contributed by atoms with Gasteiger partial charge in [0.1, 0.15) is 5.78 Å². The van der Waals surface area contributed by atoms with Crippen molar-refractivity contribution in [1.29, 1.82) is 0 Å². The molecule has 0 bridgehead atoms. The van der Waals surface area contributed by atoms with Crippen LogP contribution in [0.1, 0.15) is 31.7 Å². The normalized spacial score (nSPS) is 12.5. The maximum Gasteiger partial charge on any atom is 0.139 e. The van der Waals surface area contributed by atoms with Crippen LogP contribution >= 0.6 is 22.6 Å². The summed E-state index contributed by atoms with van der Waals surface area (Å²) >= 11 is 2.26. The molecular weight excluding hydrogens is 275 g/mol. The van der Waals surface area contributed by atoms with Crippen molar-refractivity contribution < 1.29 is 4.79 Å². The number of carbonyl (C=O) groups excluding carboxylic acids is 1. The molecule has 1 aromatic rings. The number of halogens is 1. The molecule has 0 heterocycles. The lowest BCUT2D eigenvalue weighted by Crippen LogP contribution is -2.07. The maximum atomic E-state index is 11.4. The predicted molar refractivity (Wildman–Crippen MR) is 62.9 cm³/mol. The Morgan fingerprint density at radius 1 is 1.38 bits per heavy atom. The van der Waals surface area contributed by atoms with Crippen molar-refractivity contribution in [3.8, 4) is 0 Å². The standard InChI is InChI=1S/C11H13IO/c1-3-11(13)8(2)9-4-6-10(12)7-5-9/h4-8H,3H2,1-2H3. The molecule has 13 heavy (non-hydrogen) atoms. The van der Waals surface area contributed by atoms with Crippen molar-refractivity contribution >= 4 is 28.4 Å². The molecule has 0 saturated carbocycles. The van der Waals surface area contributed by atoms with Crippen molar-refractivity contribution in [3.63, 3.8) is 0 Å². The summed E-state index contributed by atoms with van der Waals surface area (Å²) in [5.74, 6) is 0.350. The Bertz CT molecular complexity index is 289. The molecule has 0 saturated heterocycles. The van der Waals surface area contributed by atoms with Gasteiger partial charge in [-0.2, -0.15) is 0 Å². The van der Waals surface area contributed by atoms with E-state index in [1.165, 1.54) is 3.57 Å². The lowest BCUT2D eigenvalue weighted by molar-refractivity contribution is -0.119. The van der Waals surface area contributed by atoms with Gasteiger partial charge in [-0.1, -0.05) is 26.0 Å². The van der Waals surface area contributed by atoms with Crippen LogP contribution in [0.4, 0.5) is 0 Å². The van der Waals surface area contributed by atoms with E-state index in [1.807, 2.05) is 38.1 Å². The molecule has 0 N–H and O–H groups in total. The van der Waals surface area contributed by atoms with Crippen molar-refractivity contribution in [2.75, 3.05) is 0 Å². The molecule has 0 aromatic heterocycles. The van der Waals surface area contributed by atoms with Crippen molar-refractivity contribution in [2.24, 2.45) is 0 Å². The molecule has 70 valence electrons. The van der Waals surface area contributed by atoms with E-state index >= 15 is 0 Å². The third kappa shape index (κ3) is 2.79. The molecular formula is C11H13IO. The second kappa shape index (κ2) is 4.74. The summed E-state index contributed by atoms with van der Waals surface area (Å²) in [6.45, 7) is 3.87. The summed E-state index contributed by atoms with van der Waals surface area (Å²) in [7, 11) is 0. The van der Waals surface area contributed by atoms with Crippen LogP contribution in [0.25, 0.3) is 0 Å².